The number of carbonyl (C=O) groups is 1. The van der Waals surface area contributed by atoms with Crippen LogP contribution < -0.4 is 4.74 Å². The number of carbonyl (C=O) groups excluding carboxylic acids is 1. The molecule has 2 aliphatic rings. The van der Waals surface area contributed by atoms with Crippen molar-refractivity contribution in [2.45, 2.75) is 25.7 Å². The molecule has 0 bridgehead atoms. The fourth-order valence-corrected chi connectivity index (χ4v) is 5.94. The third-order valence-corrected chi connectivity index (χ3v) is 7.85. The number of ether oxygens (including phenoxy) is 1. The molecule has 0 unspecified atom stereocenters. The van der Waals surface area contributed by atoms with Crippen molar-refractivity contribution in [3.05, 3.63) is 99.5 Å². The number of fused-ring (bicyclic) bond motifs is 3. The Hall–Kier alpha value is -3.41. The number of rotatable bonds is 4. The SMILES string of the molecule is COc1cnc(Cl)c2[nH]cc(C(=O)CN3CCC(=C4c5ccccc5CCc5ccccc54)CC3)c12. The number of likely N-dealkylation sites (tertiary alicyclic amines) is 1. The van der Waals surface area contributed by atoms with E-state index in [-0.39, 0.29) is 5.78 Å². The van der Waals surface area contributed by atoms with Gasteiger partial charge in [-0.1, -0.05) is 65.7 Å². The predicted molar refractivity (Wildman–Crippen MR) is 144 cm³/mol. The van der Waals surface area contributed by atoms with Gasteiger partial charge in [0.2, 0.25) is 0 Å². The Balaban J connectivity index is 1.26. The predicted octanol–water partition coefficient (Wildman–Crippen LogP) is 6.10. The summed E-state index contributed by atoms with van der Waals surface area (Å²) in [6.07, 6.45) is 7.34. The minimum atomic E-state index is 0.0584. The van der Waals surface area contributed by atoms with Crippen LogP contribution in [0, 0.1) is 0 Å². The molecule has 5 nitrogen and oxygen atoms in total. The highest BCUT2D eigenvalue weighted by Crippen LogP contribution is 2.39. The molecular formula is C30H28ClN3O2. The number of aromatic amines is 1. The van der Waals surface area contributed by atoms with Crippen LogP contribution >= 0.6 is 11.6 Å². The molecule has 0 atom stereocenters. The fourth-order valence-electron chi connectivity index (χ4n) is 5.74. The number of nitrogens with one attached hydrogen (secondary N) is 1. The lowest BCUT2D eigenvalue weighted by atomic mass is 9.86. The fraction of sp³-hybridized carbons (Fsp3) is 0.267. The number of benzene rings is 2. The number of aromatic nitrogens is 2. The van der Waals surface area contributed by atoms with Gasteiger partial charge in [0, 0.05) is 24.8 Å². The van der Waals surface area contributed by atoms with Crippen LogP contribution in [-0.4, -0.2) is 47.4 Å². The summed E-state index contributed by atoms with van der Waals surface area (Å²) < 4.78 is 5.46. The Labute approximate surface area is 215 Å². The van der Waals surface area contributed by atoms with Gasteiger partial charge in [0.05, 0.1) is 30.8 Å². The molecular weight excluding hydrogens is 470 g/mol. The Morgan fingerprint density at radius 2 is 1.64 bits per heavy atom. The smallest absolute Gasteiger partial charge is 0.179 e. The largest absolute Gasteiger partial charge is 0.494 e. The number of halogens is 1. The van der Waals surface area contributed by atoms with Crippen molar-refractivity contribution in [1.29, 1.82) is 0 Å². The zero-order valence-electron chi connectivity index (χ0n) is 20.3. The van der Waals surface area contributed by atoms with E-state index in [2.05, 4.69) is 63.4 Å². The number of hydrogen-bond donors (Lipinski definition) is 1. The lowest BCUT2D eigenvalue weighted by molar-refractivity contribution is 0.0926. The molecule has 1 fully saturated rings. The van der Waals surface area contributed by atoms with Crippen LogP contribution in [0.2, 0.25) is 5.15 Å². The minimum Gasteiger partial charge on any atom is -0.494 e. The molecule has 3 heterocycles. The Morgan fingerprint density at radius 1 is 1.00 bits per heavy atom. The van der Waals surface area contributed by atoms with E-state index < -0.39 is 0 Å². The maximum atomic E-state index is 13.3. The van der Waals surface area contributed by atoms with Crippen molar-refractivity contribution in [3.63, 3.8) is 0 Å². The van der Waals surface area contributed by atoms with Crippen molar-refractivity contribution in [1.82, 2.24) is 14.9 Å². The number of pyridine rings is 1. The molecule has 6 heteroatoms. The molecule has 1 saturated heterocycles. The Morgan fingerprint density at radius 3 is 2.28 bits per heavy atom. The van der Waals surface area contributed by atoms with Gasteiger partial charge in [-0.25, -0.2) is 4.98 Å². The molecule has 1 N–H and O–H groups in total. The average Bonchev–Trinajstić information content (AvgIpc) is 3.29. The van der Waals surface area contributed by atoms with E-state index in [1.54, 1.807) is 19.5 Å². The number of nitrogens with zero attached hydrogens (tertiary/aromatic N) is 2. The summed E-state index contributed by atoms with van der Waals surface area (Å²) in [5.74, 6) is 0.610. The highest BCUT2D eigenvalue weighted by atomic mass is 35.5. The van der Waals surface area contributed by atoms with Crippen LogP contribution in [-0.2, 0) is 12.8 Å². The summed E-state index contributed by atoms with van der Waals surface area (Å²) in [7, 11) is 1.58. The van der Waals surface area contributed by atoms with Gasteiger partial charge < -0.3 is 9.72 Å². The topological polar surface area (TPSA) is 58.2 Å². The monoisotopic (exact) mass is 497 g/mol. The first kappa shape index (κ1) is 23.0. The van der Waals surface area contributed by atoms with Crippen LogP contribution in [0.15, 0.2) is 66.5 Å². The summed E-state index contributed by atoms with van der Waals surface area (Å²) in [4.78, 5) is 22.8. The number of H-pyrrole nitrogens is 1. The summed E-state index contributed by atoms with van der Waals surface area (Å²) >= 11 is 6.24. The highest BCUT2D eigenvalue weighted by Gasteiger charge is 2.26. The molecule has 2 aromatic carbocycles. The van der Waals surface area contributed by atoms with Gasteiger partial charge in [-0.2, -0.15) is 0 Å². The van der Waals surface area contributed by atoms with E-state index in [4.69, 9.17) is 16.3 Å². The zero-order chi connectivity index (χ0) is 24.6. The maximum absolute atomic E-state index is 13.3. The second-order valence-electron chi connectivity index (χ2n) is 9.56. The van der Waals surface area contributed by atoms with E-state index in [9.17, 15) is 4.79 Å². The molecule has 4 aromatic rings. The van der Waals surface area contributed by atoms with Gasteiger partial charge in [-0.15, -0.1) is 0 Å². The normalized spacial score (nSPS) is 15.9. The number of piperidine rings is 1. The molecule has 1 aliphatic carbocycles. The van der Waals surface area contributed by atoms with Gasteiger partial charge in [-0.3, -0.25) is 9.69 Å². The van der Waals surface area contributed by atoms with Gasteiger partial charge in [0.15, 0.2) is 10.9 Å². The van der Waals surface area contributed by atoms with Crippen molar-refractivity contribution in [3.8, 4) is 5.75 Å². The minimum absolute atomic E-state index is 0.0584. The van der Waals surface area contributed by atoms with E-state index >= 15 is 0 Å². The molecule has 0 radical (unpaired) electrons. The third-order valence-electron chi connectivity index (χ3n) is 7.57. The molecule has 0 saturated carbocycles. The summed E-state index contributed by atoms with van der Waals surface area (Å²) in [6.45, 7) is 2.08. The van der Waals surface area contributed by atoms with Crippen LogP contribution in [0.5, 0.6) is 5.75 Å². The van der Waals surface area contributed by atoms with Crippen molar-refractivity contribution < 1.29 is 9.53 Å². The molecule has 1 aliphatic heterocycles. The lowest BCUT2D eigenvalue weighted by Gasteiger charge is -2.30. The molecule has 2 aromatic heterocycles. The first-order valence-electron chi connectivity index (χ1n) is 12.5. The Kier molecular flexibility index (Phi) is 6.12. The standard InChI is InChI=1S/C30H28ClN3O2/c1-36-26-17-33-30(31)29-28(26)24(16-32-29)25(35)18-34-14-12-21(13-15-34)27-22-8-4-2-6-19(22)10-11-20-7-3-5-9-23(20)27/h2-9,16-17,32H,10-15,18H2,1H3. The number of aryl methyl sites for hydroxylation is 2. The van der Waals surface area contributed by atoms with E-state index in [1.165, 1.54) is 33.4 Å². The van der Waals surface area contributed by atoms with Crippen molar-refractivity contribution in [2.75, 3.05) is 26.7 Å². The second-order valence-corrected chi connectivity index (χ2v) is 9.92. The van der Waals surface area contributed by atoms with Crippen LogP contribution in [0.1, 0.15) is 45.5 Å². The third kappa shape index (κ3) is 4.02. The lowest BCUT2D eigenvalue weighted by Crippen LogP contribution is -2.35. The zero-order valence-corrected chi connectivity index (χ0v) is 21.1. The molecule has 0 spiro atoms. The first-order valence-corrected chi connectivity index (χ1v) is 12.9. The van der Waals surface area contributed by atoms with E-state index in [1.807, 2.05) is 0 Å². The maximum Gasteiger partial charge on any atom is 0.179 e. The summed E-state index contributed by atoms with van der Waals surface area (Å²) in [5.41, 5.74) is 9.74. The van der Waals surface area contributed by atoms with Gasteiger partial charge in [-0.05, 0) is 53.5 Å². The van der Waals surface area contributed by atoms with Gasteiger partial charge >= 0.3 is 0 Å². The first-order chi connectivity index (χ1) is 17.6. The molecule has 36 heavy (non-hydrogen) atoms. The quantitative estimate of drug-likeness (QED) is 0.273. The molecule has 0 amide bonds. The van der Waals surface area contributed by atoms with Crippen LogP contribution in [0.3, 0.4) is 0 Å². The van der Waals surface area contributed by atoms with Gasteiger partial charge in [0.25, 0.3) is 0 Å². The second kappa shape index (κ2) is 9.57. The van der Waals surface area contributed by atoms with Crippen molar-refractivity contribution in [2.24, 2.45) is 0 Å². The van der Waals surface area contributed by atoms with E-state index in [0.29, 0.717) is 33.9 Å². The number of Topliss-reactive ketones (excluding diaryl/α,β-unsaturated/α-hetero) is 1. The Bertz CT molecular complexity index is 1440. The number of ketones is 1. The van der Waals surface area contributed by atoms with Crippen LogP contribution in [0.25, 0.3) is 16.5 Å². The number of hydrogen-bond acceptors (Lipinski definition) is 4. The number of methoxy groups -OCH3 is 1. The van der Waals surface area contributed by atoms with E-state index in [0.717, 1.165) is 38.8 Å². The molecule has 6 rings (SSSR count). The molecule has 182 valence electrons. The highest BCUT2D eigenvalue weighted by molar-refractivity contribution is 6.34. The summed E-state index contributed by atoms with van der Waals surface area (Å²) in [6, 6.07) is 17.7. The van der Waals surface area contributed by atoms with Gasteiger partial charge in [0.1, 0.15) is 5.75 Å². The average molecular weight is 498 g/mol. The van der Waals surface area contributed by atoms with Crippen LogP contribution in [0.4, 0.5) is 0 Å². The summed E-state index contributed by atoms with van der Waals surface area (Å²) in [5, 5.41) is 1.04. The van der Waals surface area contributed by atoms with Crippen molar-refractivity contribution >= 4 is 33.9 Å².